The fraction of sp³-hybridized carbons (Fsp3) is 0.263. The van der Waals surface area contributed by atoms with E-state index in [1.807, 2.05) is 41.2 Å². The summed E-state index contributed by atoms with van der Waals surface area (Å²) in [5.74, 6) is -0.0273. The molecule has 0 bridgehead atoms. The lowest BCUT2D eigenvalue weighted by atomic mass is 10.1. The maximum atomic E-state index is 12.9. The maximum absolute atomic E-state index is 12.9. The molecule has 3 heterocycles. The van der Waals surface area contributed by atoms with Gasteiger partial charge in [0.2, 0.25) is 0 Å². The van der Waals surface area contributed by atoms with Crippen LogP contribution in [0.1, 0.15) is 16.9 Å². The van der Waals surface area contributed by atoms with E-state index in [4.69, 9.17) is 11.6 Å². The zero-order valence-electron chi connectivity index (χ0n) is 14.8. The number of aromatic nitrogens is 2. The second-order valence-corrected chi connectivity index (χ2v) is 10.4. The number of carbonyl (C=O) groups excluding carboxylic acids is 1. The van der Waals surface area contributed by atoms with Gasteiger partial charge in [0.25, 0.3) is 5.91 Å². The van der Waals surface area contributed by atoms with Crippen molar-refractivity contribution >= 4 is 38.7 Å². The van der Waals surface area contributed by atoms with Crippen LogP contribution in [0.25, 0.3) is 15.6 Å². The van der Waals surface area contributed by atoms with Crippen LogP contribution in [0.15, 0.2) is 48.8 Å². The number of hydrogen-bond donors (Lipinski definition) is 1. The number of halogens is 1. The fourth-order valence-electron chi connectivity index (χ4n) is 3.19. The summed E-state index contributed by atoms with van der Waals surface area (Å²) in [7, 11) is -2.97. The van der Waals surface area contributed by atoms with Crippen molar-refractivity contribution in [1.29, 1.82) is 0 Å². The molecule has 1 atom stereocenters. The minimum atomic E-state index is -2.97. The van der Waals surface area contributed by atoms with E-state index in [0.717, 1.165) is 10.4 Å². The Kier molecular flexibility index (Phi) is 5.27. The topological polar surface area (TPSA) is 81.1 Å². The minimum Gasteiger partial charge on any atom is -0.350 e. The quantitative estimate of drug-likeness (QED) is 0.665. The average Bonchev–Trinajstić information content (AvgIpc) is 3.39. The zero-order chi connectivity index (χ0) is 19.7. The van der Waals surface area contributed by atoms with Crippen LogP contribution in [0.5, 0.6) is 0 Å². The molecule has 1 unspecified atom stereocenters. The van der Waals surface area contributed by atoms with Gasteiger partial charge in [-0.3, -0.25) is 4.79 Å². The molecule has 1 aromatic carbocycles. The van der Waals surface area contributed by atoms with E-state index in [-0.39, 0.29) is 23.3 Å². The van der Waals surface area contributed by atoms with Gasteiger partial charge in [-0.05, 0) is 42.2 Å². The highest BCUT2D eigenvalue weighted by Gasteiger charge is 2.29. The SMILES string of the molecule is O=C(NCC1CCS(=O)(=O)C1)c1nc(-n2cccc2)sc1-c1ccc(Cl)cc1. The monoisotopic (exact) mass is 435 g/mol. The van der Waals surface area contributed by atoms with Crippen LogP contribution in [0, 0.1) is 5.92 Å². The molecular weight excluding hydrogens is 418 g/mol. The number of hydrogen-bond acceptors (Lipinski definition) is 5. The summed E-state index contributed by atoms with van der Waals surface area (Å²) in [4.78, 5) is 18.1. The fourth-order valence-corrected chi connectivity index (χ4v) is 6.21. The van der Waals surface area contributed by atoms with Crippen molar-refractivity contribution in [3.8, 4) is 15.6 Å². The molecule has 0 saturated carbocycles. The van der Waals surface area contributed by atoms with E-state index in [1.54, 1.807) is 12.1 Å². The second kappa shape index (κ2) is 7.69. The number of nitrogens with one attached hydrogen (secondary N) is 1. The Morgan fingerprint density at radius 3 is 2.61 bits per heavy atom. The van der Waals surface area contributed by atoms with Gasteiger partial charge in [-0.2, -0.15) is 0 Å². The Labute approximate surface area is 172 Å². The van der Waals surface area contributed by atoms with Crippen molar-refractivity contribution in [1.82, 2.24) is 14.9 Å². The smallest absolute Gasteiger partial charge is 0.271 e. The first-order valence-electron chi connectivity index (χ1n) is 8.80. The van der Waals surface area contributed by atoms with Gasteiger partial charge in [0, 0.05) is 24.0 Å². The molecular formula is C19H18ClN3O3S2. The number of amides is 1. The molecule has 0 spiro atoms. The highest BCUT2D eigenvalue weighted by molar-refractivity contribution is 7.91. The van der Waals surface area contributed by atoms with Crippen LogP contribution in [-0.2, 0) is 9.84 Å². The Morgan fingerprint density at radius 1 is 1.25 bits per heavy atom. The van der Waals surface area contributed by atoms with E-state index in [1.165, 1.54) is 11.3 Å². The number of benzene rings is 1. The van der Waals surface area contributed by atoms with Crippen LogP contribution in [-0.4, -0.2) is 41.9 Å². The summed E-state index contributed by atoms with van der Waals surface area (Å²) >= 11 is 7.40. The van der Waals surface area contributed by atoms with Crippen molar-refractivity contribution in [3.63, 3.8) is 0 Å². The number of nitrogens with zero attached hydrogens (tertiary/aromatic N) is 2. The lowest BCUT2D eigenvalue weighted by Gasteiger charge is -2.09. The first-order chi connectivity index (χ1) is 13.4. The van der Waals surface area contributed by atoms with Crippen LogP contribution >= 0.6 is 22.9 Å². The van der Waals surface area contributed by atoms with Crippen molar-refractivity contribution in [3.05, 3.63) is 59.5 Å². The molecule has 146 valence electrons. The van der Waals surface area contributed by atoms with Crippen LogP contribution in [0.4, 0.5) is 0 Å². The summed E-state index contributed by atoms with van der Waals surface area (Å²) < 4.78 is 25.1. The highest BCUT2D eigenvalue weighted by atomic mass is 35.5. The molecule has 1 fully saturated rings. The molecule has 6 nitrogen and oxygen atoms in total. The van der Waals surface area contributed by atoms with Gasteiger partial charge in [-0.1, -0.05) is 35.1 Å². The molecule has 2 aromatic heterocycles. The van der Waals surface area contributed by atoms with E-state index >= 15 is 0 Å². The molecule has 1 N–H and O–H groups in total. The van der Waals surface area contributed by atoms with Gasteiger partial charge in [0.1, 0.15) is 5.69 Å². The van der Waals surface area contributed by atoms with Gasteiger partial charge >= 0.3 is 0 Å². The average molecular weight is 436 g/mol. The van der Waals surface area contributed by atoms with E-state index in [9.17, 15) is 13.2 Å². The summed E-state index contributed by atoms with van der Waals surface area (Å²) in [6.07, 6.45) is 4.32. The Hall–Kier alpha value is -2.16. The zero-order valence-corrected chi connectivity index (χ0v) is 17.2. The molecule has 1 aliphatic heterocycles. The lowest BCUT2D eigenvalue weighted by Crippen LogP contribution is -2.30. The van der Waals surface area contributed by atoms with Crippen LogP contribution < -0.4 is 5.32 Å². The lowest BCUT2D eigenvalue weighted by molar-refractivity contribution is 0.0944. The van der Waals surface area contributed by atoms with Gasteiger partial charge in [0.05, 0.1) is 16.4 Å². The summed E-state index contributed by atoms with van der Waals surface area (Å²) in [5.41, 5.74) is 1.19. The summed E-state index contributed by atoms with van der Waals surface area (Å²) in [6, 6.07) is 11.0. The van der Waals surface area contributed by atoms with Crippen molar-refractivity contribution in [2.45, 2.75) is 6.42 Å². The third-order valence-corrected chi connectivity index (χ3v) is 7.85. The normalized spacial score (nSPS) is 18.2. The minimum absolute atomic E-state index is 0.0458. The Morgan fingerprint density at radius 2 is 1.96 bits per heavy atom. The molecule has 1 aliphatic rings. The number of sulfone groups is 1. The Balaban J connectivity index is 1.61. The van der Waals surface area contributed by atoms with Gasteiger partial charge < -0.3 is 9.88 Å². The van der Waals surface area contributed by atoms with Crippen LogP contribution in [0.3, 0.4) is 0 Å². The molecule has 4 rings (SSSR count). The predicted molar refractivity (Wildman–Crippen MR) is 111 cm³/mol. The molecule has 1 saturated heterocycles. The van der Waals surface area contributed by atoms with Crippen molar-refractivity contribution in [2.75, 3.05) is 18.1 Å². The summed E-state index contributed by atoms with van der Waals surface area (Å²) in [5, 5.41) is 4.17. The highest BCUT2D eigenvalue weighted by Crippen LogP contribution is 2.33. The van der Waals surface area contributed by atoms with Gasteiger partial charge in [-0.15, -0.1) is 0 Å². The first kappa shape index (κ1) is 19.2. The standard InChI is InChI=1S/C19H18ClN3O3S2/c20-15-5-3-14(4-6-15)17-16(22-19(27-17)23-8-1-2-9-23)18(24)21-11-13-7-10-28(25,26)12-13/h1-6,8-9,13H,7,10-12H2,(H,21,24). The molecule has 1 amide bonds. The van der Waals surface area contributed by atoms with Crippen LogP contribution in [0.2, 0.25) is 5.02 Å². The summed E-state index contributed by atoms with van der Waals surface area (Å²) in [6.45, 7) is 0.328. The number of rotatable bonds is 5. The van der Waals surface area contributed by atoms with Gasteiger partial charge in [-0.25, -0.2) is 13.4 Å². The number of carbonyl (C=O) groups is 1. The Bertz CT molecular complexity index is 1090. The molecule has 3 aromatic rings. The van der Waals surface area contributed by atoms with Crippen molar-refractivity contribution in [2.24, 2.45) is 5.92 Å². The maximum Gasteiger partial charge on any atom is 0.271 e. The van der Waals surface area contributed by atoms with Crippen molar-refractivity contribution < 1.29 is 13.2 Å². The largest absolute Gasteiger partial charge is 0.350 e. The molecule has 28 heavy (non-hydrogen) atoms. The third-order valence-electron chi connectivity index (χ3n) is 4.64. The molecule has 0 aliphatic carbocycles. The third kappa shape index (κ3) is 4.14. The van der Waals surface area contributed by atoms with E-state index in [2.05, 4.69) is 10.3 Å². The number of thiazole rings is 1. The molecule has 9 heteroatoms. The van der Waals surface area contributed by atoms with Gasteiger partial charge in [0.15, 0.2) is 15.0 Å². The predicted octanol–water partition coefficient (Wildman–Crippen LogP) is 3.42. The molecule has 0 radical (unpaired) electrons. The first-order valence-corrected chi connectivity index (χ1v) is 11.8. The van der Waals surface area contributed by atoms with E-state index < -0.39 is 9.84 Å². The van der Waals surface area contributed by atoms with E-state index in [0.29, 0.717) is 28.8 Å². The second-order valence-electron chi connectivity index (χ2n) is 6.75.